The molecule has 0 radical (unpaired) electrons. The molecule has 0 amide bonds. The highest BCUT2D eigenvalue weighted by Gasteiger charge is 2.30. The van der Waals surface area contributed by atoms with Crippen LogP contribution in [0.3, 0.4) is 0 Å². The van der Waals surface area contributed by atoms with Gasteiger partial charge < -0.3 is 19.8 Å². The summed E-state index contributed by atoms with van der Waals surface area (Å²) < 4.78 is 26.3. The van der Waals surface area contributed by atoms with Crippen molar-refractivity contribution < 1.29 is 18.7 Å². The lowest BCUT2D eigenvalue weighted by atomic mass is 10.0. The van der Waals surface area contributed by atoms with Crippen molar-refractivity contribution in [3.05, 3.63) is 12.4 Å². The van der Waals surface area contributed by atoms with Crippen molar-refractivity contribution in [2.75, 3.05) is 19.5 Å². The van der Waals surface area contributed by atoms with Gasteiger partial charge in [-0.3, -0.25) is 4.79 Å². The number of nitrogen functional groups attached to an aromatic ring is 1. The maximum Gasteiger partial charge on any atom is 0.312 e. The Kier molecular flexibility index (Phi) is 17.0. The van der Waals surface area contributed by atoms with E-state index in [1.54, 1.807) is 4.57 Å². The number of aromatic nitrogens is 4. The van der Waals surface area contributed by atoms with Crippen LogP contribution in [0.1, 0.15) is 129 Å². The van der Waals surface area contributed by atoms with Crippen molar-refractivity contribution in [2.24, 2.45) is 0 Å². The highest BCUT2D eigenvalue weighted by atomic mass is 19.1. The van der Waals surface area contributed by atoms with Crippen molar-refractivity contribution in [1.82, 2.24) is 19.5 Å². The van der Waals surface area contributed by atoms with Gasteiger partial charge in [0.25, 0.3) is 0 Å². The Morgan fingerprint density at radius 2 is 1.49 bits per heavy atom. The van der Waals surface area contributed by atoms with Crippen LogP contribution in [0.4, 0.5) is 10.2 Å². The number of nitrogens with two attached hydrogens (primary N) is 1. The van der Waals surface area contributed by atoms with Crippen LogP contribution in [0.15, 0.2) is 6.33 Å². The summed E-state index contributed by atoms with van der Waals surface area (Å²) in [6.45, 7) is 2.53. The average molecular weight is 574 g/mol. The Bertz CT molecular complexity index is 1050. The number of anilines is 1. The third-order valence-corrected chi connectivity index (χ3v) is 7.82. The first-order chi connectivity index (χ1) is 19.9. The zero-order valence-electron chi connectivity index (χ0n) is 25.5. The molecule has 1 unspecified atom stereocenters. The predicted molar refractivity (Wildman–Crippen MR) is 163 cm³/mol. The molecule has 0 saturated heterocycles. The van der Waals surface area contributed by atoms with E-state index in [-0.39, 0.29) is 24.0 Å². The minimum Gasteiger partial charge on any atom is -0.462 e. The van der Waals surface area contributed by atoms with Gasteiger partial charge >= 0.3 is 12.0 Å². The van der Waals surface area contributed by atoms with Crippen LogP contribution < -0.4 is 5.73 Å². The van der Waals surface area contributed by atoms with Gasteiger partial charge in [0.2, 0.25) is 0 Å². The first kappa shape index (κ1) is 34.5. The Labute approximate surface area is 246 Å². The van der Waals surface area contributed by atoms with Gasteiger partial charge in [-0.05, 0) is 6.42 Å². The lowest BCUT2D eigenvalue weighted by Gasteiger charge is -2.26. The summed E-state index contributed by atoms with van der Waals surface area (Å²) >= 11 is 0. The zero-order chi connectivity index (χ0) is 29.8. The SMILES string of the molecule is C#CC(CCn1cnc2c(N)nc(F)nc21)(COC(=O)CCCCCCCCCCCCCCCCCCC)OC. The number of carbonyl (C=O) groups excluding carboxylic acids is 1. The minimum absolute atomic E-state index is 0.0283. The van der Waals surface area contributed by atoms with Gasteiger partial charge in [-0.15, -0.1) is 6.42 Å². The van der Waals surface area contributed by atoms with Crippen molar-refractivity contribution in [2.45, 2.75) is 141 Å². The van der Waals surface area contributed by atoms with Crippen LogP contribution in [-0.4, -0.2) is 44.8 Å². The number of fused-ring (bicyclic) bond motifs is 1. The molecule has 0 aliphatic heterocycles. The number of terminal acetylenes is 1. The highest BCUT2D eigenvalue weighted by Crippen LogP contribution is 2.21. The number of halogens is 1. The molecule has 2 heterocycles. The van der Waals surface area contributed by atoms with Crippen LogP contribution in [0.5, 0.6) is 0 Å². The van der Waals surface area contributed by atoms with Crippen LogP contribution in [0.25, 0.3) is 11.2 Å². The van der Waals surface area contributed by atoms with Gasteiger partial charge in [-0.1, -0.05) is 116 Å². The predicted octanol–water partition coefficient (Wildman–Crippen LogP) is 7.54. The summed E-state index contributed by atoms with van der Waals surface area (Å²) in [5.74, 6) is 2.31. The summed E-state index contributed by atoms with van der Waals surface area (Å²) in [6.07, 6.45) is 29.0. The third-order valence-electron chi connectivity index (χ3n) is 7.82. The molecule has 9 heteroatoms. The number of hydrogen-bond donors (Lipinski definition) is 1. The molecule has 2 aromatic rings. The monoisotopic (exact) mass is 573 g/mol. The molecular formula is C32H52FN5O3. The molecule has 1 atom stereocenters. The van der Waals surface area contributed by atoms with E-state index in [4.69, 9.17) is 21.6 Å². The molecule has 0 aliphatic rings. The quantitative estimate of drug-likeness (QED) is 0.0598. The number of hydrogen-bond acceptors (Lipinski definition) is 7. The molecule has 8 nitrogen and oxygen atoms in total. The molecule has 41 heavy (non-hydrogen) atoms. The van der Waals surface area contributed by atoms with Gasteiger partial charge in [0.05, 0.1) is 6.33 Å². The maximum atomic E-state index is 13.6. The number of esters is 1. The van der Waals surface area contributed by atoms with E-state index in [0.29, 0.717) is 24.9 Å². The van der Waals surface area contributed by atoms with E-state index in [2.05, 4.69) is 27.8 Å². The number of imidazole rings is 1. The number of nitrogens with zero attached hydrogens (tertiary/aromatic N) is 4. The third kappa shape index (κ3) is 13.2. The largest absolute Gasteiger partial charge is 0.462 e. The number of unbranched alkanes of at least 4 members (excludes halogenated alkanes) is 16. The normalized spacial score (nSPS) is 12.8. The molecule has 2 N–H and O–H groups in total. The van der Waals surface area contributed by atoms with Gasteiger partial charge in [0.15, 0.2) is 17.1 Å². The summed E-state index contributed by atoms with van der Waals surface area (Å²) in [6, 6.07) is 0. The molecule has 0 saturated carbocycles. The maximum absolute atomic E-state index is 13.6. The zero-order valence-corrected chi connectivity index (χ0v) is 25.5. The number of aryl methyl sites for hydroxylation is 1. The Morgan fingerprint density at radius 3 is 2.00 bits per heavy atom. The summed E-state index contributed by atoms with van der Waals surface area (Å²) in [4.78, 5) is 23.8. The second-order valence-corrected chi connectivity index (χ2v) is 11.1. The van der Waals surface area contributed by atoms with Crippen molar-refractivity contribution >= 4 is 23.0 Å². The van der Waals surface area contributed by atoms with Crippen molar-refractivity contribution in [3.8, 4) is 12.3 Å². The fourth-order valence-electron chi connectivity index (χ4n) is 5.07. The van der Waals surface area contributed by atoms with Gasteiger partial charge in [-0.25, -0.2) is 4.98 Å². The van der Waals surface area contributed by atoms with Crippen molar-refractivity contribution in [1.29, 1.82) is 0 Å². The van der Waals surface area contributed by atoms with Crippen LogP contribution in [0.2, 0.25) is 0 Å². The Hall–Kier alpha value is -2.73. The first-order valence-electron chi connectivity index (χ1n) is 15.8. The molecule has 0 aliphatic carbocycles. The second kappa shape index (κ2) is 20.2. The van der Waals surface area contributed by atoms with Crippen LogP contribution in [0, 0.1) is 18.4 Å². The number of rotatable bonds is 24. The molecule has 0 bridgehead atoms. The van der Waals surface area contributed by atoms with Gasteiger partial charge in [0, 0.05) is 26.5 Å². The first-order valence-corrected chi connectivity index (χ1v) is 15.8. The van der Waals surface area contributed by atoms with E-state index >= 15 is 0 Å². The highest BCUT2D eigenvalue weighted by molar-refractivity contribution is 5.81. The number of carbonyl (C=O) groups is 1. The van der Waals surface area contributed by atoms with E-state index in [0.717, 1.165) is 19.3 Å². The smallest absolute Gasteiger partial charge is 0.312 e. The lowest BCUT2D eigenvalue weighted by molar-refractivity contribution is -0.150. The minimum atomic E-state index is -1.11. The summed E-state index contributed by atoms with van der Waals surface area (Å²) in [5, 5.41) is 0. The van der Waals surface area contributed by atoms with E-state index < -0.39 is 11.7 Å². The molecule has 230 valence electrons. The average Bonchev–Trinajstić information content (AvgIpc) is 3.38. The topological polar surface area (TPSA) is 105 Å². The molecule has 2 aromatic heterocycles. The molecule has 0 fully saturated rings. The molecule has 2 rings (SSSR count). The number of methoxy groups -OCH3 is 1. The van der Waals surface area contributed by atoms with E-state index in [9.17, 15) is 9.18 Å². The molecule has 0 aromatic carbocycles. The fraction of sp³-hybridized carbons (Fsp3) is 0.750. The Balaban J connectivity index is 1.51. The summed E-state index contributed by atoms with van der Waals surface area (Å²) in [5.41, 5.74) is 5.20. The fourth-order valence-corrected chi connectivity index (χ4v) is 5.07. The Morgan fingerprint density at radius 1 is 0.951 bits per heavy atom. The van der Waals surface area contributed by atoms with E-state index in [1.807, 2.05) is 0 Å². The standard InChI is InChI=1S/C32H52FN5O3/c1-4-6-7-8-9-10-11-12-13-14-15-16-17-18-19-20-21-22-27(39)41-25-32(5-2,40-3)23-24-38-26-35-28-29(34)36-31(33)37-30(28)38/h2,26H,4,6-25H2,1,3H3,(H2,34,36,37). The molecule has 0 spiro atoms. The van der Waals surface area contributed by atoms with Crippen LogP contribution in [-0.2, 0) is 20.8 Å². The van der Waals surface area contributed by atoms with Crippen LogP contribution >= 0.6 is 0 Å². The number of ether oxygens (including phenoxy) is 2. The van der Waals surface area contributed by atoms with E-state index in [1.165, 1.54) is 103 Å². The van der Waals surface area contributed by atoms with Gasteiger partial charge in [0.1, 0.15) is 12.1 Å². The second-order valence-electron chi connectivity index (χ2n) is 11.1. The lowest BCUT2D eigenvalue weighted by Crippen LogP contribution is -2.37. The summed E-state index contributed by atoms with van der Waals surface area (Å²) in [7, 11) is 1.48. The van der Waals surface area contributed by atoms with Gasteiger partial charge in [-0.2, -0.15) is 14.4 Å². The molecular weight excluding hydrogens is 521 g/mol. The van der Waals surface area contributed by atoms with Crippen molar-refractivity contribution in [3.63, 3.8) is 0 Å².